The Bertz CT molecular complexity index is 742. The number of nitrogens with one attached hydrogen (secondary N) is 2. The van der Waals surface area contributed by atoms with Crippen LogP contribution in [0.4, 0.5) is 10.1 Å². The Morgan fingerprint density at radius 2 is 1.89 bits per heavy atom. The molecule has 0 spiro atoms. The summed E-state index contributed by atoms with van der Waals surface area (Å²) in [5, 5.41) is 5.16. The predicted molar refractivity (Wildman–Crippen MR) is 102 cm³/mol. The van der Waals surface area contributed by atoms with E-state index in [1.807, 2.05) is 0 Å². The van der Waals surface area contributed by atoms with Gasteiger partial charge in [-0.05, 0) is 25.0 Å². The molecule has 0 atom stereocenters. The number of thioether (sulfide) groups is 1. The summed E-state index contributed by atoms with van der Waals surface area (Å²) in [6.45, 7) is -0.578. The molecule has 0 radical (unpaired) electrons. The van der Waals surface area contributed by atoms with Gasteiger partial charge < -0.3 is 20.3 Å². The summed E-state index contributed by atoms with van der Waals surface area (Å²) in [6, 6.07) is 5.96. The molecule has 152 valence electrons. The highest BCUT2D eigenvalue weighted by Crippen LogP contribution is 2.18. The molecule has 1 aliphatic rings. The lowest BCUT2D eigenvalue weighted by molar-refractivity contribution is -0.149. The lowest BCUT2D eigenvalue weighted by atomic mass is 10.3. The van der Waals surface area contributed by atoms with Crippen LogP contribution in [0.15, 0.2) is 24.3 Å². The number of hydrogen-bond acceptors (Lipinski definition) is 6. The molecule has 1 fully saturated rings. The van der Waals surface area contributed by atoms with Gasteiger partial charge in [-0.15, -0.1) is 11.8 Å². The largest absolute Gasteiger partial charge is 0.455 e. The number of ether oxygens (including phenoxy) is 1. The Hall–Kier alpha value is -2.62. The van der Waals surface area contributed by atoms with Gasteiger partial charge in [0.2, 0.25) is 11.8 Å². The second-order valence-electron chi connectivity index (χ2n) is 6.27. The number of nitrogens with zero attached hydrogens (tertiary/aromatic N) is 1. The lowest BCUT2D eigenvalue weighted by Gasteiger charge is -2.16. The predicted octanol–water partition coefficient (Wildman–Crippen LogP) is 0.778. The maximum atomic E-state index is 13.4. The second-order valence-corrected chi connectivity index (χ2v) is 7.26. The van der Waals surface area contributed by atoms with Crippen LogP contribution in [0.2, 0.25) is 0 Å². The zero-order valence-electron chi connectivity index (χ0n) is 15.4. The summed E-state index contributed by atoms with van der Waals surface area (Å²) in [5.74, 6) is -2.62. The fourth-order valence-corrected chi connectivity index (χ4v) is 2.68. The first-order valence-corrected chi connectivity index (χ1v) is 9.81. The van der Waals surface area contributed by atoms with E-state index in [-0.39, 0.29) is 35.7 Å². The average molecular weight is 411 g/mol. The number of amides is 3. The van der Waals surface area contributed by atoms with Gasteiger partial charge in [0.25, 0.3) is 5.91 Å². The Balaban J connectivity index is 1.58. The van der Waals surface area contributed by atoms with Crippen molar-refractivity contribution < 1.29 is 28.3 Å². The molecule has 0 bridgehead atoms. The molecule has 3 amide bonds. The third kappa shape index (κ3) is 7.95. The van der Waals surface area contributed by atoms with Crippen molar-refractivity contribution in [3.05, 3.63) is 30.1 Å². The van der Waals surface area contributed by atoms with Crippen molar-refractivity contribution in [1.29, 1.82) is 0 Å². The molecule has 28 heavy (non-hydrogen) atoms. The topological polar surface area (TPSA) is 105 Å². The minimum atomic E-state index is -0.659. The molecule has 2 N–H and O–H groups in total. The molecule has 1 aromatic rings. The van der Waals surface area contributed by atoms with Crippen LogP contribution in [-0.4, -0.2) is 66.3 Å². The first-order valence-electron chi connectivity index (χ1n) is 8.66. The highest BCUT2D eigenvalue weighted by molar-refractivity contribution is 8.00. The highest BCUT2D eigenvalue weighted by atomic mass is 32.2. The van der Waals surface area contributed by atoms with Gasteiger partial charge in [-0.1, -0.05) is 12.1 Å². The van der Waals surface area contributed by atoms with Gasteiger partial charge in [0.1, 0.15) is 5.82 Å². The lowest BCUT2D eigenvalue weighted by Crippen LogP contribution is -2.40. The summed E-state index contributed by atoms with van der Waals surface area (Å²) in [7, 11) is 1.45. The fraction of sp³-hybridized carbons (Fsp3) is 0.444. The summed E-state index contributed by atoms with van der Waals surface area (Å²) < 4.78 is 18.3. The number of esters is 1. The van der Waals surface area contributed by atoms with Crippen molar-refractivity contribution in [2.24, 2.45) is 0 Å². The number of halogens is 1. The van der Waals surface area contributed by atoms with E-state index in [4.69, 9.17) is 4.74 Å². The van der Waals surface area contributed by atoms with Crippen LogP contribution in [0.3, 0.4) is 0 Å². The van der Waals surface area contributed by atoms with E-state index in [1.165, 1.54) is 30.1 Å². The van der Waals surface area contributed by atoms with E-state index < -0.39 is 30.2 Å². The van der Waals surface area contributed by atoms with Gasteiger partial charge in [-0.25, -0.2) is 4.39 Å². The van der Waals surface area contributed by atoms with Gasteiger partial charge >= 0.3 is 5.97 Å². The molecule has 1 saturated carbocycles. The van der Waals surface area contributed by atoms with E-state index in [1.54, 1.807) is 6.07 Å². The number of carbonyl (C=O) groups is 4. The van der Waals surface area contributed by atoms with Crippen LogP contribution in [0, 0.1) is 5.82 Å². The first-order chi connectivity index (χ1) is 13.3. The number of anilines is 1. The van der Waals surface area contributed by atoms with Gasteiger partial charge in [-0.2, -0.15) is 0 Å². The minimum Gasteiger partial charge on any atom is -0.455 e. The third-order valence-electron chi connectivity index (χ3n) is 3.71. The van der Waals surface area contributed by atoms with Crippen LogP contribution in [0.1, 0.15) is 12.8 Å². The maximum Gasteiger partial charge on any atom is 0.316 e. The summed E-state index contributed by atoms with van der Waals surface area (Å²) >= 11 is 0.981. The van der Waals surface area contributed by atoms with Gasteiger partial charge in [0.15, 0.2) is 6.61 Å². The molecular weight excluding hydrogens is 389 g/mol. The molecule has 0 unspecified atom stereocenters. The SMILES string of the molecule is CN(CC(=O)NC1CC1)C(=O)COC(=O)CSCC(=O)Nc1ccccc1F. The first kappa shape index (κ1) is 21.7. The van der Waals surface area contributed by atoms with Gasteiger partial charge in [0.05, 0.1) is 23.7 Å². The molecule has 1 aromatic carbocycles. The van der Waals surface area contributed by atoms with E-state index in [0.29, 0.717) is 0 Å². The van der Waals surface area contributed by atoms with Gasteiger partial charge in [0, 0.05) is 13.1 Å². The second kappa shape index (κ2) is 10.6. The Morgan fingerprint density at radius 1 is 1.18 bits per heavy atom. The van der Waals surface area contributed by atoms with Crippen LogP contribution in [-0.2, 0) is 23.9 Å². The number of hydrogen-bond donors (Lipinski definition) is 2. The molecule has 0 aromatic heterocycles. The third-order valence-corrected chi connectivity index (χ3v) is 4.61. The normalized spacial score (nSPS) is 12.8. The molecule has 2 rings (SSSR count). The van der Waals surface area contributed by atoms with E-state index in [9.17, 15) is 23.6 Å². The van der Waals surface area contributed by atoms with Gasteiger partial charge in [-0.3, -0.25) is 19.2 Å². The monoisotopic (exact) mass is 411 g/mol. The highest BCUT2D eigenvalue weighted by Gasteiger charge is 2.24. The molecule has 10 heteroatoms. The van der Waals surface area contributed by atoms with Crippen molar-refractivity contribution in [1.82, 2.24) is 10.2 Å². The molecular formula is C18H22FN3O5S. The number of benzene rings is 1. The minimum absolute atomic E-state index is 0.0648. The van der Waals surface area contributed by atoms with E-state index >= 15 is 0 Å². The quantitative estimate of drug-likeness (QED) is 0.552. The van der Waals surface area contributed by atoms with E-state index in [0.717, 1.165) is 24.6 Å². The molecule has 0 heterocycles. The number of para-hydroxylation sites is 1. The fourth-order valence-electron chi connectivity index (χ4n) is 2.07. The number of likely N-dealkylation sites (N-methyl/N-ethyl adjacent to an activating group) is 1. The van der Waals surface area contributed by atoms with Crippen LogP contribution < -0.4 is 10.6 Å². The maximum absolute atomic E-state index is 13.4. The standard InChI is InChI=1S/C18H22FN3O5S/c1-22(8-15(23)20-12-6-7-12)17(25)9-27-18(26)11-28-10-16(24)21-14-5-3-2-4-13(14)19/h2-5,12H,6-11H2,1H3,(H,20,23)(H,21,24). The zero-order chi connectivity index (χ0) is 20.5. The average Bonchev–Trinajstić information content (AvgIpc) is 3.45. The van der Waals surface area contributed by atoms with Crippen molar-refractivity contribution in [2.45, 2.75) is 18.9 Å². The molecule has 0 aliphatic heterocycles. The summed E-state index contributed by atoms with van der Waals surface area (Å²) in [6.07, 6.45) is 1.91. The van der Waals surface area contributed by atoms with Crippen LogP contribution in [0.25, 0.3) is 0 Å². The smallest absolute Gasteiger partial charge is 0.316 e. The molecule has 8 nitrogen and oxygen atoms in total. The van der Waals surface area contributed by atoms with E-state index in [2.05, 4.69) is 10.6 Å². The summed E-state index contributed by atoms with van der Waals surface area (Å²) in [5.41, 5.74) is 0.0648. The van der Waals surface area contributed by atoms with Crippen molar-refractivity contribution in [3.63, 3.8) is 0 Å². The Labute approximate surface area is 166 Å². The van der Waals surface area contributed by atoms with Crippen molar-refractivity contribution in [2.75, 3.05) is 37.0 Å². The van der Waals surface area contributed by atoms with Crippen LogP contribution in [0.5, 0.6) is 0 Å². The van der Waals surface area contributed by atoms with Crippen molar-refractivity contribution >= 4 is 41.1 Å². The molecule has 0 saturated heterocycles. The van der Waals surface area contributed by atoms with Crippen molar-refractivity contribution in [3.8, 4) is 0 Å². The Kier molecular flexibility index (Phi) is 8.24. The number of rotatable bonds is 10. The Morgan fingerprint density at radius 3 is 2.57 bits per heavy atom. The molecule has 1 aliphatic carbocycles. The number of carbonyl (C=O) groups excluding carboxylic acids is 4. The zero-order valence-corrected chi connectivity index (χ0v) is 16.2. The van der Waals surface area contributed by atoms with Crippen LogP contribution >= 0.6 is 11.8 Å². The summed E-state index contributed by atoms with van der Waals surface area (Å²) in [4.78, 5) is 48.1.